The highest BCUT2D eigenvalue weighted by Crippen LogP contribution is 2.30. The first-order chi connectivity index (χ1) is 12.1. The summed E-state index contributed by atoms with van der Waals surface area (Å²) in [4.78, 5) is 33.4. The minimum absolute atomic E-state index is 0.0146. The fraction of sp³-hybridized carbons (Fsp3) is 0.125. The Morgan fingerprint density at radius 2 is 2.16 bits per heavy atom. The maximum atomic E-state index is 12.4. The highest BCUT2D eigenvalue weighted by Gasteiger charge is 2.20. The summed E-state index contributed by atoms with van der Waals surface area (Å²) < 4.78 is 1.52. The van der Waals surface area contributed by atoms with Crippen LogP contribution in [0.25, 0.3) is 11.3 Å². The van der Waals surface area contributed by atoms with Gasteiger partial charge in [0.2, 0.25) is 0 Å². The van der Waals surface area contributed by atoms with Crippen LogP contribution in [0, 0.1) is 0 Å². The molecule has 3 aromatic rings. The molecule has 2 aromatic heterocycles. The van der Waals surface area contributed by atoms with Gasteiger partial charge in [0.15, 0.2) is 10.3 Å². The van der Waals surface area contributed by atoms with E-state index in [4.69, 9.17) is 11.6 Å². The number of benzene rings is 1. The van der Waals surface area contributed by atoms with Gasteiger partial charge in [-0.15, -0.1) is 11.3 Å². The van der Waals surface area contributed by atoms with Crippen molar-refractivity contribution in [2.24, 2.45) is 0 Å². The molecule has 0 bridgehead atoms. The summed E-state index contributed by atoms with van der Waals surface area (Å²) >= 11 is 8.95. The van der Waals surface area contributed by atoms with Gasteiger partial charge in [-0.3, -0.25) is 19.5 Å². The Labute approximate surface area is 155 Å². The highest BCUT2D eigenvalue weighted by molar-refractivity contribution is 7.99. The Hall–Kier alpha value is -2.16. The molecule has 0 saturated carbocycles. The third kappa shape index (κ3) is 3.08. The molecule has 1 aliphatic rings. The topological polar surface area (TPSA) is 76.9 Å². The monoisotopic (exact) mass is 390 g/mol. The zero-order valence-corrected chi connectivity index (χ0v) is 15.1. The number of rotatable bonds is 3. The van der Waals surface area contributed by atoms with Gasteiger partial charge in [0.25, 0.3) is 11.5 Å². The molecule has 25 heavy (non-hydrogen) atoms. The van der Waals surface area contributed by atoms with E-state index in [0.29, 0.717) is 27.5 Å². The van der Waals surface area contributed by atoms with E-state index in [-0.39, 0.29) is 11.1 Å². The molecule has 0 spiro atoms. The summed E-state index contributed by atoms with van der Waals surface area (Å²) in [5, 5.41) is 6.11. The number of carbonyl (C=O) groups is 1. The predicted molar refractivity (Wildman–Crippen MR) is 99.7 cm³/mol. The van der Waals surface area contributed by atoms with E-state index in [1.807, 2.05) is 18.2 Å². The zero-order chi connectivity index (χ0) is 17.4. The number of fused-ring (bicyclic) bond motifs is 1. The van der Waals surface area contributed by atoms with Crippen LogP contribution in [0.1, 0.15) is 10.4 Å². The maximum absolute atomic E-state index is 12.4. The number of thioether (sulfide) groups is 1. The number of anilines is 1. The maximum Gasteiger partial charge on any atom is 0.267 e. The van der Waals surface area contributed by atoms with Gasteiger partial charge in [-0.05, 0) is 6.07 Å². The average Bonchev–Trinajstić information content (AvgIpc) is 3.25. The lowest BCUT2D eigenvalue weighted by molar-refractivity contribution is 0.102. The van der Waals surface area contributed by atoms with Gasteiger partial charge in [0.05, 0.1) is 5.69 Å². The molecule has 4 rings (SSSR count). The number of amides is 1. The van der Waals surface area contributed by atoms with Crippen molar-refractivity contribution in [2.45, 2.75) is 11.7 Å². The first-order valence-corrected chi connectivity index (χ1v) is 9.62. The third-order valence-electron chi connectivity index (χ3n) is 3.68. The number of halogens is 1. The van der Waals surface area contributed by atoms with Crippen molar-refractivity contribution >= 4 is 45.7 Å². The molecule has 126 valence electrons. The number of nitrogens with zero attached hydrogens (tertiary/aromatic N) is 3. The van der Waals surface area contributed by atoms with Crippen molar-refractivity contribution in [3.63, 3.8) is 0 Å². The molecular weight excluding hydrogens is 380 g/mol. The van der Waals surface area contributed by atoms with Crippen molar-refractivity contribution in [1.82, 2.24) is 14.5 Å². The second-order valence-electron chi connectivity index (χ2n) is 5.23. The van der Waals surface area contributed by atoms with Crippen molar-refractivity contribution in [1.29, 1.82) is 0 Å². The summed E-state index contributed by atoms with van der Waals surface area (Å²) in [6.45, 7) is 0.570. The van der Waals surface area contributed by atoms with Gasteiger partial charge in [-0.1, -0.05) is 41.6 Å². The van der Waals surface area contributed by atoms with Crippen LogP contribution >= 0.6 is 34.7 Å². The molecule has 0 saturated heterocycles. The standard InChI is InChI=1S/C16H11ClN4O2S2/c17-11-4-2-1-3-9(11)12-8-25-15(19-12)20-13(22)10-7-18-16-21(14(10)23)5-6-24-16/h1-4,7-8H,5-6H2,(H,19,20,22). The Bertz CT molecular complexity index is 1030. The van der Waals surface area contributed by atoms with Gasteiger partial charge in [-0.25, -0.2) is 9.97 Å². The van der Waals surface area contributed by atoms with Gasteiger partial charge in [0, 0.05) is 34.5 Å². The summed E-state index contributed by atoms with van der Waals surface area (Å²) in [5.41, 5.74) is 1.15. The number of aromatic nitrogens is 3. The summed E-state index contributed by atoms with van der Waals surface area (Å²) in [6, 6.07) is 7.35. The number of thiazole rings is 1. The lowest BCUT2D eigenvalue weighted by Crippen LogP contribution is -2.29. The van der Waals surface area contributed by atoms with Crippen LogP contribution in [0.15, 0.2) is 45.8 Å². The van der Waals surface area contributed by atoms with Gasteiger partial charge >= 0.3 is 0 Å². The quantitative estimate of drug-likeness (QED) is 0.694. The summed E-state index contributed by atoms with van der Waals surface area (Å²) in [7, 11) is 0. The molecule has 0 fully saturated rings. The minimum atomic E-state index is -0.509. The zero-order valence-electron chi connectivity index (χ0n) is 12.7. The van der Waals surface area contributed by atoms with Crippen LogP contribution in [-0.2, 0) is 6.54 Å². The lowest BCUT2D eigenvalue weighted by Gasteiger charge is -2.04. The van der Waals surface area contributed by atoms with Crippen LogP contribution in [0.3, 0.4) is 0 Å². The number of hydrogen-bond acceptors (Lipinski definition) is 6. The first kappa shape index (κ1) is 16.3. The van der Waals surface area contributed by atoms with E-state index in [1.165, 1.54) is 33.9 Å². The Morgan fingerprint density at radius 1 is 1.32 bits per heavy atom. The molecule has 0 unspecified atom stereocenters. The van der Waals surface area contributed by atoms with Crippen molar-refractivity contribution in [3.8, 4) is 11.3 Å². The molecule has 1 aliphatic heterocycles. The van der Waals surface area contributed by atoms with Crippen LogP contribution in [0.5, 0.6) is 0 Å². The average molecular weight is 391 g/mol. The minimum Gasteiger partial charge on any atom is -0.298 e. The van der Waals surface area contributed by atoms with Gasteiger partial charge in [-0.2, -0.15) is 0 Å². The van der Waals surface area contributed by atoms with Crippen molar-refractivity contribution in [2.75, 3.05) is 11.1 Å². The fourth-order valence-electron chi connectivity index (χ4n) is 2.46. The molecule has 1 amide bonds. The fourth-order valence-corrected chi connectivity index (χ4v) is 4.31. The predicted octanol–water partition coefficient (Wildman–Crippen LogP) is 3.38. The van der Waals surface area contributed by atoms with Crippen molar-refractivity contribution in [3.05, 3.63) is 56.8 Å². The number of nitrogens with one attached hydrogen (secondary N) is 1. The second-order valence-corrected chi connectivity index (χ2v) is 7.56. The Morgan fingerprint density at radius 3 is 3.00 bits per heavy atom. The van der Waals surface area contributed by atoms with E-state index in [0.717, 1.165) is 11.3 Å². The Balaban J connectivity index is 1.59. The molecule has 9 heteroatoms. The molecule has 1 aromatic carbocycles. The molecule has 3 heterocycles. The summed E-state index contributed by atoms with van der Waals surface area (Å²) in [5.74, 6) is 0.283. The van der Waals surface area contributed by atoms with Gasteiger partial charge < -0.3 is 0 Å². The third-order valence-corrected chi connectivity index (χ3v) is 5.73. The van der Waals surface area contributed by atoms with E-state index < -0.39 is 5.91 Å². The largest absolute Gasteiger partial charge is 0.298 e. The Kier molecular flexibility index (Phi) is 4.32. The molecular formula is C16H11ClN4O2S2. The molecule has 6 nitrogen and oxygen atoms in total. The van der Waals surface area contributed by atoms with E-state index in [1.54, 1.807) is 11.4 Å². The van der Waals surface area contributed by atoms with E-state index >= 15 is 0 Å². The number of hydrogen-bond donors (Lipinski definition) is 1. The smallest absolute Gasteiger partial charge is 0.267 e. The summed E-state index contributed by atoms with van der Waals surface area (Å²) in [6.07, 6.45) is 1.32. The molecule has 0 atom stereocenters. The van der Waals surface area contributed by atoms with Crippen LogP contribution in [0.2, 0.25) is 5.02 Å². The molecule has 1 N–H and O–H groups in total. The van der Waals surface area contributed by atoms with Crippen LogP contribution in [0.4, 0.5) is 5.13 Å². The first-order valence-electron chi connectivity index (χ1n) is 7.38. The van der Waals surface area contributed by atoms with E-state index in [2.05, 4.69) is 15.3 Å². The van der Waals surface area contributed by atoms with Crippen LogP contribution in [-0.4, -0.2) is 26.2 Å². The van der Waals surface area contributed by atoms with Crippen molar-refractivity contribution < 1.29 is 4.79 Å². The van der Waals surface area contributed by atoms with E-state index in [9.17, 15) is 9.59 Å². The normalized spacial score (nSPS) is 12.8. The lowest BCUT2D eigenvalue weighted by atomic mass is 10.2. The number of carbonyl (C=O) groups excluding carboxylic acids is 1. The molecule has 0 radical (unpaired) electrons. The second kappa shape index (κ2) is 6.62. The SMILES string of the molecule is O=C(Nc1nc(-c2ccccc2Cl)cs1)c1cnc2n(c1=O)CCS2. The van der Waals surface area contributed by atoms with Crippen LogP contribution < -0.4 is 10.9 Å². The highest BCUT2D eigenvalue weighted by atomic mass is 35.5. The molecule has 0 aliphatic carbocycles. The van der Waals surface area contributed by atoms with Gasteiger partial charge in [0.1, 0.15) is 5.56 Å².